The summed E-state index contributed by atoms with van der Waals surface area (Å²) in [5, 5.41) is 0. The molecule has 2 nitrogen and oxygen atoms in total. The van der Waals surface area contributed by atoms with Crippen molar-refractivity contribution in [1.82, 2.24) is 0 Å². The van der Waals surface area contributed by atoms with Crippen LogP contribution >= 0.6 is 0 Å². The van der Waals surface area contributed by atoms with E-state index in [1.54, 1.807) is 0 Å². The molecular formula is C55H37B2NO. The van der Waals surface area contributed by atoms with E-state index in [0.29, 0.717) is 0 Å². The Bertz CT molecular complexity index is 2970. The number of benzene rings is 9. The molecule has 0 saturated heterocycles. The quantitative estimate of drug-likeness (QED) is 0.163. The third-order valence-electron chi connectivity index (χ3n) is 12.9. The zero-order valence-electron chi connectivity index (χ0n) is 32.4. The van der Waals surface area contributed by atoms with Gasteiger partial charge in [-0.3, -0.25) is 0 Å². The lowest BCUT2D eigenvalue weighted by molar-refractivity contribution is 0.486. The van der Waals surface area contributed by atoms with Crippen LogP contribution < -0.4 is 42.4 Å². The number of fused-ring (bicyclic) bond motifs is 10. The first-order valence-electron chi connectivity index (χ1n) is 20.6. The summed E-state index contributed by atoms with van der Waals surface area (Å²) in [6, 6.07) is 82.3. The van der Waals surface area contributed by atoms with E-state index >= 15 is 0 Å². The molecule has 12 rings (SSSR count). The lowest BCUT2D eigenvalue weighted by atomic mass is 9.26. The van der Waals surface area contributed by atoms with Gasteiger partial charge in [-0.15, -0.1) is 0 Å². The van der Waals surface area contributed by atoms with Gasteiger partial charge in [0.2, 0.25) is 6.71 Å². The van der Waals surface area contributed by atoms with Crippen molar-refractivity contribution in [1.29, 1.82) is 0 Å². The third-order valence-corrected chi connectivity index (χ3v) is 12.9. The molecule has 0 unspecified atom stereocenters. The van der Waals surface area contributed by atoms with Crippen LogP contribution in [0.5, 0.6) is 11.5 Å². The molecule has 1 spiro atoms. The minimum absolute atomic E-state index is 0.0419. The second kappa shape index (κ2) is 13.4. The van der Waals surface area contributed by atoms with Gasteiger partial charge in [-0.25, -0.2) is 0 Å². The molecule has 0 N–H and O–H groups in total. The highest BCUT2D eigenvalue weighted by molar-refractivity contribution is 6.99. The monoisotopic (exact) mass is 749 g/mol. The number of anilines is 3. The van der Waals surface area contributed by atoms with Gasteiger partial charge < -0.3 is 9.64 Å². The van der Waals surface area contributed by atoms with Gasteiger partial charge in [0.1, 0.15) is 11.5 Å². The summed E-state index contributed by atoms with van der Waals surface area (Å²) in [4.78, 5) is 2.31. The van der Waals surface area contributed by atoms with Crippen molar-refractivity contribution in [2.24, 2.45) is 0 Å². The molecule has 59 heavy (non-hydrogen) atoms. The van der Waals surface area contributed by atoms with Crippen LogP contribution in [0.3, 0.4) is 0 Å². The number of rotatable bonds is 5. The van der Waals surface area contributed by atoms with Gasteiger partial charge in [-0.05, 0) is 92.8 Å². The highest BCUT2D eigenvalue weighted by atomic mass is 16.5. The molecule has 9 aromatic carbocycles. The van der Waals surface area contributed by atoms with Crippen LogP contribution in [0.2, 0.25) is 0 Å². The number of hydrogen-bond donors (Lipinski definition) is 0. The van der Waals surface area contributed by atoms with Gasteiger partial charge in [0.15, 0.2) is 0 Å². The summed E-state index contributed by atoms with van der Waals surface area (Å²) in [7, 11) is 0. The predicted octanol–water partition coefficient (Wildman–Crippen LogP) is 8.97. The Hall–Kier alpha value is -7.29. The number of hydrogen-bond acceptors (Lipinski definition) is 2. The van der Waals surface area contributed by atoms with Crippen molar-refractivity contribution >= 4 is 63.3 Å². The standard InChI is InChI=1S/C55H37B2NO/c1-3-19-41(20-4-1)58(42-21-5-2-6-22-42)43-35-33-38(34-36-43)39-17-15-18-40(37-39)56-48-27-10-7-23-44(48)55(45-24-8-11-28-49(45)56)46-25-9-12-29-50(46)57-51-30-13-14-31-52(51)59-53-32-16-26-47(55)54(53)57/h1-37H. The van der Waals surface area contributed by atoms with Crippen LogP contribution in [-0.4, -0.2) is 13.4 Å². The van der Waals surface area contributed by atoms with Crippen molar-refractivity contribution in [3.63, 3.8) is 0 Å². The maximum absolute atomic E-state index is 6.76. The summed E-state index contributed by atoms with van der Waals surface area (Å²) in [5.41, 5.74) is 18.4. The molecule has 9 aromatic rings. The first-order valence-corrected chi connectivity index (χ1v) is 20.6. The first kappa shape index (κ1) is 33.8. The Morgan fingerprint density at radius 2 is 0.814 bits per heavy atom. The molecule has 0 bridgehead atoms. The van der Waals surface area contributed by atoms with Gasteiger partial charge >= 0.3 is 0 Å². The Balaban J connectivity index is 1.01. The second-order valence-electron chi connectivity index (χ2n) is 15.9. The second-order valence-corrected chi connectivity index (χ2v) is 15.9. The highest BCUT2D eigenvalue weighted by Crippen LogP contribution is 2.48. The van der Waals surface area contributed by atoms with E-state index in [4.69, 9.17) is 4.74 Å². The Kier molecular flexibility index (Phi) is 7.68. The maximum atomic E-state index is 6.76. The van der Waals surface area contributed by atoms with Crippen LogP contribution in [-0.2, 0) is 5.41 Å². The summed E-state index contributed by atoms with van der Waals surface area (Å²) < 4.78 is 6.76. The van der Waals surface area contributed by atoms with Crippen LogP contribution in [0, 0.1) is 0 Å². The maximum Gasteiger partial charge on any atom is 0.251 e. The molecule has 3 aliphatic heterocycles. The van der Waals surface area contributed by atoms with E-state index in [9.17, 15) is 0 Å². The molecule has 4 heteroatoms. The number of para-hydroxylation sites is 3. The third kappa shape index (κ3) is 5.03. The largest absolute Gasteiger partial charge is 0.458 e. The van der Waals surface area contributed by atoms with Crippen molar-refractivity contribution in [3.05, 3.63) is 247 Å². The summed E-state index contributed by atoms with van der Waals surface area (Å²) in [5.74, 6) is 1.89. The SMILES string of the molecule is c1ccc(N(c2ccccc2)c2ccc(-c3cccc(B4c5ccccc5C5(c6ccccc64)c4ccccc4B4c6ccccc6Oc6cccc5c64)c3)cc2)cc1. The fourth-order valence-electron chi connectivity index (χ4n) is 10.6. The van der Waals surface area contributed by atoms with Gasteiger partial charge in [0.05, 0.1) is 5.41 Å². The van der Waals surface area contributed by atoms with Crippen molar-refractivity contribution < 1.29 is 4.74 Å². The molecule has 0 atom stereocenters. The minimum Gasteiger partial charge on any atom is -0.458 e. The molecular weight excluding hydrogens is 712 g/mol. The number of ether oxygens (including phenoxy) is 1. The van der Waals surface area contributed by atoms with Gasteiger partial charge in [-0.1, -0.05) is 198 Å². The topological polar surface area (TPSA) is 12.5 Å². The van der Waals surface area contributed by atoms with Crippen LogP contribution in [0.1, 0.15) is 22.3 Å². The first-order chi connectivity index (χ1) is 29.3. The predicted molar refractivity (Wildman–Crippen MR) is 247 cm³/mol. The average Bonchev–Trinajstić information content (AvgIpc) is 3.31. The summed E-state index contributed by atoms with van der Waals surface area (Å²) >= 11 is 0. The van der Waals surface area contributed by atoms with Crippen molar-refractivity contribution in [3.8, 4) is 22.6 Å². The molecule has 0 aromatic heterocycles. The zero-order valence-corrected chi connectivity index (χ0v) is 32.4. The molecule has 0 aliphatic carbocycles. The van der Waals surface area contributed by atoms with Crippen molar-refractivity contribution in [2.75, 3.05) is 4.90 Å². The summed E-state index contributed by atoms with van der Waals surface area (Å²) in [6.45, 7) is 0.126. The lowest BCUT2D eigenvalue weighted by Gasteiger charge is -2.50. The Labute approximate surface area is 346 Å². The fraction of sp³-hybridized carbons (Fsp3) is 0.0182. The van der Waals surface area contributed by atoms with E-state index < -0.39 is 5.41 Å². The van der Waals surface area contributed by atoms with Gasteiger partial charge in [-0.2, -0.15) is 0 Å². The van der Waals surface area contributed by atoms with Crippen LogP contribution in [0.4, 0.5) is 17.1 Å². The van der Waals surface area contributed by atoms with E-state index in [1.165, 1.54) is 66.2 Å². The van der Waals surface area contributed by atoms with E-state index in [2.05, 4.69) is 229 Å². The fourth-order valence-corrected chi connectivity index (χ4v) is 10.6. The van der Waals surface area contributed by atoms with E-state index in [-0.39, 0.29) is 13.4 Å². The van der Waals surface area contributed by atoms with Gasteiger partial charge in [0, 0.05) is 17.1 Å². The van der Waals surface area contributed by atoms with Crippen molar-refractivity contribution in [2.45, 2.75) is 5.41 Å². The van der Waals surface area contributed by atoms with Crippen LogP contribution in [0.25, 0.3) is 11.1 Å². The highest BCUT2D eigenvalue weighted by Gasteiger charge is 2.54. The normalized spacial score (nSPS) is 13.6. The molecule has 274 valence electrons. The van der Waals surface area contributed by atoms with Crippen LogP contribution in [0.15, 0.2) is 224 Å². The molecule has 0 radical (unpaired) electrons. The molecule has 0 saturated carbocycles. The summed E-state index contributed by atoms with van der Waals surface area (Å²) in [6.07, 6.45) is 0. The van der Waals surface area contributed by atoms with E-state index in [1.807, 2.05) is 0 Å². The zero-order chi connectivity index (χ0) is 38.9. The minimum atomic E-state index is -0.533. The average molecular weight is 750 g/mol. The smallest absolute Gasteiger partial charge is 0.251 e. The molecule has 3 heterocycles. The lowest BCUT2D eigenvalue weighted by Crippen LogP contribution is -2.68. The Morgan fingerprint density at radius 3 is 1.44 bits per heavy atom. The van der Waals surface area contributed by atoms with E-state index in [0.717, 1.165) is 28.6 Å². The number of nitrogens with zero attached hydrogens (tertiary/aromatic N) is 1. The molecule has 3 aliphatic rings. The molecule has 0 amide bonds. The Morgan fingerprint density at radius 1 is 0.339 bits per heavy atom. The molecule has 0 fully saturated rings. The van der Waals surface area contributed by atoms with Gasteiger partial charge in [0.25, 0.3) is 6.71 Å².